The van der Waals surface area contributed by atoms with E-state index in [4.69, 9.17) is 4.74 Å². The van der Waals surface area contributed by atoms with Crippen molar-refractivity contribution in [2.24, 2.45) is 0 Å². The van der Waals surface area contributed by atoms with E-state index in [2.05, 4.69) is 10.4 Å². The Morgan fingerprint density at radius 3 is 2.75 bits per heavy atom. The number of aromatic nitrogens is 2. The van der Waals surface area contributed by atoms with Gasteiger partial charge in [-0.3, -0.25) is 15.0 Å². The summed E-state index contributed by atoms with van der Waals surface area (Å²) in [6.07, 6.45) is 1.15. The van der Waals surface area contributed by atoms with Crippen LogP contribution in [0.25, 0.3) is 21.3 Å². The summed E-state index contributed by atoms with van der Waals surface area (Å²) in [5, 5.41) is 2.41. The molecule has 0 spiro atoms. The third-order valence-corrected chi connectivity index (χ3v) is 5.64. The highest BCUT2D eigenvalue weighted by molar-refractivity contribution is 7.17. The van der Waals surface area contributed by atoms with Crippen LogP contribution >= 0.6 is 11.3 Å². The summed E-state index contributed by atoms with van der Waals surface area (Å²) in [4.78, 5) is 30.6. The standard InChI is InChI=1S/C21H15N3O3S/c25-19(17-10-14-8-4-5-9-16(14)27-17)23-24-12-22-20-18(21(24)26)15(11-28-20)13-6-2-1-3-7-13/h1-9,11-12,17H,10H2,(H,23,25)/t17-/m1/s1. The maximum Gasteiger partial charge on any atom is 0.281 e. The number of benzene rings is 2. The first-order chi connectivity index (χ1) is 13.7. The van der Waals surface area contributed by atoms with Crippen molar-refractivity contribution in [3.63, 3.8) is 0 Å². The largest absolute Gasteiger partial charge is 0.480 e. The van der Waals surface area contributed by atoms with Crippen LogP contribution in [0.5, 0.6) is 5.75 Å². The summed E-state index contributed by atoms with van der Waals surface area (Å²) in [7, 11) is 0. The van der Waals surface area contributed by atoms with Gasteiger partial charge in [-0.15, -0.1) is 11.3 Å². The van der Waals surface area contributed by atoms with Crippen LogP contribution < -0.4 is 15.7 Å². The van der Waals surface area contributed by atoms with Gasteiger partial charge in [0.15, 0.2) is 6.10 Å². The minimum atomic E-state index is -0.670. The number of carbonyl (C=O) groups excluding carboxylic acids is 1. The fourth-order valence-corrected chi connectivity index (χ4v) is 4.27. The molecule has 6 nitrogen and oxygen atoms in total. The Morgan fingerprint density at radius 2 is 1.93 bits per heavy atom. The number of rotatable bonds is 3. The number of hydrogen-bond acceptors (Lipinski definition) is 5. The average Bonchev–Trinajstić information content (AvgIpc) is 3.35. The smallest absolute Gasteiger partial charge is 0.281 e. The van der Waals surface area contributed by atoms with Crippen molar-refractivity contribution in [1.29, 1.82) is 0 Å². The number of amides is 1. The Kier molecular flexibility index (Phi) is 3.95. The zero-order valence-electron chi connectivity index (χ0n) is 14.7. The molecule has 1 aliphatic heterocycles. The first kappa shape index (κ1) is 16.7. The summed E-state index contributed by atoms with van der Waals surface area (Å²) < 4.78 is 6.84. The quantitative estimate of drug-likeness (QED) is 0.584. The molecule has 0 radical (unpaired) electrons. The molecule has 0 bridgehead atoms. The van der Waals surface area contributed by atoms with E-state index in [-0.39, 0.29) is 11.5 Å². The highest BCUT2D eigenvalue weighted by Gasteiger charge is 2.29. The van der Waals surface area contributed by atoms with Gasteiger partial charge in [0.1, 0.15) is 16.9 Å². The Bertz CT molecular complexity index is 1220. The molecule has 1 aliphatic rings. The van der Waals surface area contributed by atoms with Crippen LogP contribution in [0.4, 0.5) is 0 Å². The monoisotopic (exact) mass is 389 g/mol. The van der Waals surface area contributed by atoms with Crippen LogP contribution in [0.1, 0.15) is 5.56 Å². The van der Waals surface area contributed by atoms with Gasteiger partial charge in [0.25, 0.3) is 11.5 Å². The summed E-state index contributed by atoms with van der Waals surface area (Å²) in [6, 6.07) is 17.2. The molecule has 28 heavy (non-hydrogen) atoms. The third-order valence-electron chi connectivity index (χ3n) is 4.75. The molecule has 138 valence electrons. The van der Waals surface area contributed by atoms with Crippen molar-refractivity contribution in [3.8, 4) is 16.9 Å². The van der Waals surface area contributed by atoms with Crippen LogP contribution in [0, 0.1) is 0 Å². The number of para-hydroxylation sites is 1. The van der Waals surface area contributed by atoms with Gasteiger partial charge in [0.05, 0.1) is 5.39 Å². The topological polar surface area (TPSA) is 73.2 Å². The summed E-state index contributed by atoms with van der Waals surface area (Å²) in [6.45, 7) is 0. The number of nitrogens with zero attached hydrogens (tertiary/aromatic N) is 2. The van der Waals surface area contributed by atoms with Crippen molar-refractivity contribution in [2.45, 2.75) is 12.5 Å². The molecule has 0 aliphatic carbocycles. The van der Waals surface area contributed by atoms with E-state index in [1.54, 1.807) is 0 Å². The van der Waals surface area contributed by atoms with E-state index >= 15 is 0 Å². The number of fused-ring (bicyclic) bond motifs is 2. The predicted octanol–water partition coefficient (Wildman–Crippen LogP) is 3.20. The Morgan fingerprint density at radius 1 is 1.14 bits per heavy atom. The molecule has 0 fully saturated rings. The van der Waals surface area contributed by atoms with E-state index in [0.717, 1.165) is 21.4 Å². The molecule has 1 atom stereocenters. The molecule has 0 saturated carbocycles. The Labute approximate surface area is 164 Å². The lowest BCUT2D eigenvalue weighted by Gasteiger charge is -2.12. The normalized spacial score (nSPS) is 15.2. The van der Waals surface area contributed by atoms with Crippen molar-refractivity contribution in [3.05, 3.63) is 82.2 Å². The highest BCUT2D eigenvalue weighted by atomic mass is 32.1. The van der Waals surface area contributed by atoms with Crippen LogP contribution in [0.3, 0.4) is 0 Å². The lowest BCUT2D eigenvalue weighted by Crippen LogP contribution is -2.40. The zero-order valence-corrected chi connectivity index (χ0v) is 15.5. The van der Waals surface area contributed by atoms with Crippen LogP contribution in [0.15, 0.2) is 71.1 Å². The SMILES string of the molecule is O=C(Nn1cnc2scc(-c3ccccc3)c2c1=O)[C@H]1Cc2ccccc2O1. The molecule has 2 aromatic heterocycles. The second kappa shape index (κ2) is 6.61. The molecule has 1 amide bonds. The first-order valence-electron chi connectivity index (χ1n) is 8.80. The molecule has 2 aromatic carbocycles. The van der Waals surface area contributed by atoms with Crippen LogP contribution in [-0.2, 0) is 11.2 Å². The fraction of sp³-hybridized carbons (Fsp3) is 0.0952. The van der Waals surface area contributed by atoms with Crippen LogP contribution in [-0.4, -0.2) is 21.7 Å². The van der Waals surface area contributed by atoms with E-state index < -0.39 is 6.10 Å². The first-order valence-corrected chi connectivity index (χ1v) is 9.68. The van der Waals surface area contributed by atoms with Gasteiger partial charge in [0, 0.05) is 17.4 Å². The highest BCUT2D eigenvalue weighted by Crippen LogP contribution is 2.30. The molecule has 0 unspecified atom stereocenters. The average molecular weight is 389 g/mol. The molecular formula is C21H15N3O3S. The van der Waals surface area contributed by atoms with E-state index in [1.807, 2.05) is 60.0 Å². The van der Waals surface area contributed by atoms with Gasteiger partial charge >= 0.3 is 0 Å². The maximum absolute atomic E-state index is 13.0. The van der Waals surface area contributed by atoms with E-state index in [1.165, 1.54) is 17.7 Å². The lowest BCUT2D eigenvalue weighted by atomic mass is 10.1. The molecule has 4 aromatic rings. The van der Waals surface area contributed by atoms with Crippen LogP contribution in [0.2, 0.25) is 0 Å². The summed E-state index contributed by atoms with van der Waals surface area (Å²) in [5.74, 6) is 0.323. The molecular weight excluding hydrogens is 374 g/mol. The fourth-order valence-electron chi connectivity index (χ4n) is 3.36. The van der Waals surface area contributed by atoms with E-state index in [9.17, 15) is 9.59 Å². The predicted molar refractivity (Wildman–Crippen MR) is 108 cm³/mol. The Balaban J connectivity index is 1.46. The van der Waals surface area contributed by atoms with Gasteiger partial charge in [-0.05, 0) is 17.2 Å². The Hall–Kier alpha value is -3.45. The number of nitrogens with one attached hydrogen (secondary N) is 1. The van der Waals surface area contributed by atoms with E-state index in [0.29, 0.717) is 22.4 Å². The number of hydrogen-bond donors (Lipinski definition) is 1. The second-order valence-electron chi connectivity index (χ2n) is 6.51. The minimum Gasteiger partial charge on any atom is -0.480 e. The molecule has 7 heteroatoms. The zero-order chi connectivity index (χ0) is 19.1. The van der Waals surface area contributed by atoms with Gasteiger partial charge in [-0.25, -0.2) is 9.66 Å². The second-order valence-corrected chi connectivity index (χ2v) is 7.37. The molecule has 3 heterocycles. The number of carbonyl (C=O) groups is 1. The van der Waals surface area contributed by atoms with Gasteiger partial charge in [-0.2, -0.15) is 0 Å². The number of ether oxygens (including phenoxy) is 1. The summed E-state index contributed by atoms with van der Waals surface area (Å²) in [5.41, 5.74) is 5.05. The van der Waals surface area contributed by atoms with Gasteiger partial charge < -0.3 is 4.74 Å². The summed E-state index contributed by atoms with van der Waals surface area (Å²) >= 11 is 1.41. The van der Waals surface area contributed by atoms with Crippen molar-refractivity contribution in [1.82, 2.24) is 9.66 Å². The third kappa shape index (κ3) is 2.76. The maximum atomic E-state index is 13.0. The van der Waals surface area contributed by atoms with Crippen molar-refractivity contribution >= 4 is 27.5 Å². The molecule has 5 rings (SSSR count). The van der Waals surface area contributed by atoms with Gasteiger partial charge in [0.2, 0.25) is 0 Å². The molecule has 0 saturated heterocycles. The number of thiophene rings is 1. The van der Waals surface area contributed by atoms with Crippen molar-refractivity contribution < 1.29 is 9.53 Å². The minimum absolute atomic E-state index is 0.311. The van der Waals surface area contributed by atoms with Gasteiger partial charge in [-0.1, -0.05) is 48.5 Å². The molecule has 1 N–H and O–H groups in total. The lowest BCUT2D eigenvalue weighted by molar-refractivity contribution is -0.123. The van der Waals surface area contributed by atoms with Crippen molar-refractivity contribution in [2.75, 3.05) is 5.43 Å².